The van der Waals surface area contributed by atoms with Gasteiger partial charge in [-0.15, -0.1) is 6.58 Å². The second-order valence-electron chi connectivity index (χ2n) is 7.25. The summed E-state index contributed by atoms with van der Waals surface area (Å²) >= 11 is 0. The molecule has 0 unspecified atom stereocenters. The van der Waals surface area contributed by atoms with Crippen molar-refractivity contribution in [3.8, 4) is 0 Å². The van der Waals surface area contributed by atoms with Crippen LogP contribution < -0.4 is 0 Å². The number of fused-ring (bicyclic) bond motifs is 1. The van der Waals surface area contributed by atoms with E-state index in [9.17, 15) is 4.79 Å². The van der Waals surface area contributed by atoms with Gasteiger partial charge in [-0.25, -0.2) is 0 Å². The summed E-state index contributed by atoms with van der Waals surface area (Å²) in [6, 6.07) is 6.05. The van der Waals surface area contributed by atoms with Crippen LogP contribution >= 0.6 is 0 Å². The average molecular weight is 343 g/mol. The highest BCUT2D eigenvalue weighted by Gasteiger charge is 2.42. The van der Waals surface area contributed by atoms with Crippen LogP contribution in [0.1, 0.15) is 18.5 Å². The molecule has 2 aliphatic heterocycles. The number of piperidine rings is 1. The number of carbonyl (C=O) groups excluding carboxylic acids is 1. The highest BCUT2D eigenvalue weighted by atomic mass is 16.5. The lowest BCUT2D eigenvalue weighted by Gasteiger charge is -2.41. The Morgan fingerprint density at radius 2 is 2.20 bits per heavy atom. The van der Waals surface area contributed by atoms with Gasteiger partial charge in [-0.1, -0.05) is 12.1 Å². The Labute approximate surface area is 150 Å². The molecule has 0 N–H and O–H groups in total. The number of nitrogens with zero attached hydrogens (tertiary/aromatic N) is 3. The minimum Gasteiger partial charge on any atom is -0.377 e. The first-order valence-corrected chi connectivity index (χ1v) is 9.25. The van der Waals surface area contributed by atoms with E-state index in [-0.39, 0.29) is 5.92 Å². The third-order valence-corrected chi connectivity index (χ3v) is 5.54. The van der Waals surface area contributed by atoms with Crippen LogP contribution in [0.15, 0.2) is 37.1 Å². The van der Waals surface area contributed by atoms with E-state index >= 15 is 0 Å². The second-order valence-corrected chi connectivity index (χ2v) is 7.25. The van der Waals surface area contributed by atoms with Crippen molar-refractivity contribution in [2.45, 2.75) is 19.4 Å². The molecular weight excluding hydrogens is 314 g/mol. The van der Waals surface area contributed by atoms with Gasteiger partial charge in [-0.3, -0.25) is 14.7 Å². The van der Waals surface area contributed by atoms with E-state index < -0.39 is 0 Å². The van der Waals surface area contributed by atoms with Crippen molar-refractivity contribution in [2.75, 3.05) is 39.9 Å². The van der Waals surface area contributed by atoms with Crippen LogP contribution in [-0.4, -0.2) is 60.6 Å². The van der Waals surface area contributed by atoms with Gasteiger partial charge in [0.05, 0.1) is 18.9 Å². The first-order chi connectivity index (χ1) is 12.2. The van der Waals surface area contributed by atoms with Gasteiger partial charge in [0.1, 0.15) is 0 Å². The number of rotatable bonds is 6. The number of amides is 1. The van der Waals surface area contributed by atoms with E-state index in [2.05, 4.69) is 22.5 Å². The van der Waals surface area contributed by atoms with E-state index in [1.807, 2.05) is 30.3 Å². The highest BCUT2D eigenvalue weighted by molar-refractivity contribution is 5.79. The number of aromatic nitrogens is 1. The van der Waals surface area contributed by atoms with Crippen molar-refractivity contribution in [3.63, 3.8) is 0 Å². The number of hydrogen-bond acceptors (Lipinski definition) is 4. The van der Waals surface area contributed by atoms with Gasteiger partial charge in [0.2, 0.25) is 5.91 Å². The zero-order chi connectivity index (χ0) is 17.6. The van der Waals surface area contributed by atoms with Crippen LogP contribution in [0, 0.1) is 17.8 Å². The SMILES string of the molecule is C=CCOC[C@H]1CN(C)C(=O)[C@@H]2CCN(Cc3ccccn3)CC[C@H]12. The molecule has 0 spiro atoms. The van der Waals surface area contributed by atoms with Crippen molar-refractivity contribution in [1.82, 2.24) is 14.8 Å². The van der Waals surface area contributed by atoms with Gasteiger partial charge in [-0.2, -0.15) is 0 Å². The minimum absolute atomic E-state index is 0.129. The highest BCUT2D eigenvalue weighted by Crippen LogP contribution is 2.36. The summed E-state index contributed by atoms with van der Waals surface area (Å²) in [6.07, 6.45) is 5.62. The van der Waals surface area contributed by atoms with Gasteiger partial charge in [0.15, 0.2) is 0 Å². The Kier molecular flexibility index (Phi) is 6.21. The summed E-state index contributed by atoms with van der Waals surface area (Å²) in [5, 5.41) is 0. The fourth-order valence-electron chi connectivity index (χ4n) is 4.27. The molecule has 0 aliphatic carbocycles. The molecule has 5 heteroatoms. The maximum absolute atomic E-state index is 12.7. The van der Waals surface area contributed by atoms with E-state index in [1.54, 1.807) is 6.08 Å². The van der Waals surface area contributed by atoms with Gasteiger partial charge in [0.25, 0.3) is 0 Å². The predicted molar refractivity (Wildman–Crippen MR) is 97.9 cm³/mol. The topological polar surface area (TPSA) is 45.7 Å². The van der Waals surface area contributed by atoms with E-state index in [1.165, 1.54) is 0 Å². The van der Waals surface area contributed by atoms with Crippen molar-refractivity contribution in [3.05, 3.63) is 42.7 Å². The number of pyridine rings is 1. The third kappa shape index (κ3) is 4.47. The maximum atomic E-state index is 12.7. The zero-order valence-corrected chi connectivity index (χ0v) is 15.1. The monoisotopic (exact) mass is 343 g/mol. The number of ether oxygens (including phenoxy) is 1. The molecule has 25 heavy (non-hydrogen) atoms. The van der Waals surface area contributed by atoms with Gasteiger partial charge in [-0.05, 0) is 44.0 Å². The average Bonchev–Trinajstić information content (AvgIpc) is 2.83. The smallest absolute Gasteiger partial charge is 0.225 e. The molecular formula is C20H29N3O2. The van der Waals surface area contributed by atoms with Gasteiger partial charge in [0, 0.05) is 38.2 Å². The largest absolute Gasteiger partial charge is 0.377 e. The van der Waals surface area contributed by atoms with Crippen molar-refractivity contribution < 1.29 is 9.53 Å². The molecule has 3 heterocycles. The molecule has 3 rings (SSSR count). The Hall–Kier alpha value is -1.72. The Morgan fingerprint density at radius 3 is 2.96 bits per heavy atom. The van der Waals surface area contributed by atoms with Crippen LogP contribution in [0.4, 0.5) is 0 Å². The quantitative estimate of drug-likeness (QED) is 0.587. The van der Waals surface area contributed by atoms with E-state index in [0.717, 1.165) is 44.7 Å². The number of likely N-dealkylation sites (tertiary alicyclic amines) is 2. The fourth-order valence-corrected chi connectivity index (χ4v) is 4.27. The van der Waals surface area contributed by atoms with Crippen LogP contribution in [0.2, 0.25) is 0 Å². The lowest BCUT2D eigenvalue weighted by Crippen LogP contribution is -2.50. The van der Waals surface area contributed by atoms with Crippen LogP contribution in [0.5, 0.6) is 0 Å². The van der Waals surface area contributed by atoms with E-state index in [4.69, 9.17) is 4.74 Å². The summed E-state index contributed by atoms with van der Waals surface area (Å²) in [6.45, 7) is 8.65. The molecule has 0 saturated carbocycles. The molecule has 0 aromatic carbocycles. The minimum atomic E-state index is 0.129. The lowest BCUT2D eigenvalue weighted by molar-refractivity contribution is -0.144. The molecule has 3 atom stereocenters. The summed E-state index contributed by atoms with van der Waals surface area (Å²) in [5.41, 5.74) is 1.10. The molecule has 136 valence electrons. The first-order valence-electron chi connectivity index (χ1n) is 9.25. The van der Waals surface area contributed by atoms with Crippen molar-refractivity contribution >= 4 is 5.91 Å². The van der Waals surface area contributed by atoms with Crippen LogP contribution in [0.3, 0.4) is 0 Å². The molecule has 1 amide bonds. The third-order valence-electron chi connectivity index (χ3n) is 5.54. The lowest BCUT2D eigenvalue weighted by atomic mass is 9.75. The van der Waals surface area contributed by atoms with Crippen molar-refractivity contribution in [2.24, 2.45) is 17.8 Å². The molecule has 2 aliphatic rings. The standard InChI is InChI=1S/C20H29N3O2/c1-3-12-25-15-16-13-22(2)20(24)19-8-11-23(10-7-18(16)19)14-17-6-4-5-9-21-17/h3-6,9,16,18-19H,1,7-8,10-15H2,2H3/t16-,18-,19-/m1/s1. The summed E-state index contributed by atoms with van der Waals surface area (Å²) in [5.74, 6) is 1.28. The van der Waals surface area contributed by atoms with Crippen molar-refractivity contribution in [1.29, 1.82) is 0 Å². The van der Waals surface area contributed by atoms with E-state index in [0.29, 0.717) is 31.0 Å². The van der Waals surface area contributed by atoms with Crippen LogP contribution in [0.25, 0.3) is 0 Å². The summed E-state index contributed by atoms with van der Waals surface area (Å²) < 4.78 is 5.74. The summed E-state index contributed by atoms with van der Waals surface area (Å²) in [4.78, 5) is 21.5. The zero-order valence-electron chi connectivity index (χ0n) is 15.1. The number of hydrogen-bond donors (Lipinski definition) is 0. The molecule has 2 saturated heterocycles. The normalized spacial score (nSPS) is 27.6. The molecule has 2 fully saturated rings. The fraction of sp³-hybridized carbons (Fsp3) is 0.600. The Morgan fingerprint density at radius 1 is 1.36 bits per heavy atom. The summed E-state index contributed by atoms with van der Waals surface area (Å²) in [7, 11) is 1.93. The van der Waals surface area contributed by atoms with Gasteiger partial charge < -0.3 is 9.64 Å². The number of carbonyl (C=O) groups is 1. The molecule has 0 radical (unpaired) electrons. The van der Waals surface area contributed by atoms with Gasteiger partial charge >= 0.3 is 0 Å². The maximum Gasteiger partial charge on any atom is 0.225 e. The Bertz CT molecular complexity index is 578. The second kappa shape index (κ2) is 8.59. The molecule has 5 nitrogen and oxygen atoms in total. The molecule has 1 aromatic heterocycles. The molecule has 0 bridgehead atoms. The predicted octanol–water partition coefficient (Wildman–Crippen LogP) is 2.20. The first kappa shape index (κ1) is 18.1. The molecule has 1 aromatic rings. The Balaban J connectivity index is 1.65. The van der Waals surface area contributed by atoms with Crippen LogP contribution in [-0.2, 0) is 16.1 Å².